The highest BCUT2D eigenvalue weighted by atomic mass is 16.5. The van der Waals surface area contributed by atoms with E-state index in [4.69, 9.17) is 9.15 Å². The number of imide groups is 1. The number of oxazole rings is 1. The van der Waals surface area contributed by atoms with Gasteiger partial charge in [-0.15, -0.1) is 0 Å². The zero-order valence-corrected chi connectivity index (χ0v) is 19.3. The number of ether oxygens (including phenoxy) is 1. The molecular weight excluding hydrogens is 422 g/mol. The Labute approximate surface area is 194 Å². The van der Waals surface area contributed by atoms with Crippen molar-refractivity contribution in [2.45, 2.75) is 70.3 Å². The first kappa shape index (κ1) is 23.7. The van der Waals surface area contributed by atoms with Gasteiger partial charge in [0.2, 0.25) is 11.8 Å². The fourth-order valence-electron chi connectivity index (χ4n) is 5.00. The standard InChI is InChI=1S/C25H35N3O5/c29-22-13-12-21(24(30)27-22)28-20-11-4-9-19(23(20)33-25(28)31)10-5-15-32-16-6-14-26-17-18-7-2-1-3-8-18/h4,9,11,18,21,26H,1-3,5-8,10,12-17H2,(H,27,29,30). The zero-order chi connectivity index (χ0) is 23.0. The molecule has 1 atom stereocenters. The predicted octanol–water partition coefficient (Wildman–Crippen LogP) is 3.08. The first-order valence-corrected chi connectivity index (χ1v) is 12.4. The number of amides is 2. The summed E-state index contributed by atoms with van der Waals surface area (Å²) >= 11 is 0. The van der Waals surface area contributed by atoms with E-state index < -0.39 is 17.7 Å². The fourth-order valence-corrected chi connectivity index (χ4v) is 5.00. The Morgan fingerprint density at radius 3 is 2.70 bits per heavy atom. The number of hydrogen-bond acceptors (Lipinski definition) is 6. The number of carbonyl (C=O) groups is 2. The summed E-state index contributed by atoms with van der Waals surface area (Å²) in [5, 5.41) is 5.87. The number of piperidine rings is 1. The van der Waals surface area contributed by atoms with Crippen molar-refractivity contribution >= 4 is 22.9 Å². The van der Waals surface area contributed by atoms with Crippen molar-refractivity contribution in [3.05, 3.63) is 34.3 Å². The third-order valence-electron chi connectivity index (χ3n) is 6.78. The highest BCUT2D eigenvalue weighted by molar-refractivity contribution is 6.00. The van der Waals surface area contributed by atoms with Crippen molar-refractivity contribution in [3.63, 3.8) is 0 Å². The Kier molecular flexibility index (Phi) is 8.34. The lowest BCUT2D eigenvalue weighted by molar-refractivity contribution is -0.135. The minimum absolute atomic E-state index is 0.211. The van der Waals surface area contributed by atoms with Gasteiger partial charge in [0.25, 0.3) is 0 Å². The molecular formula is C25H35N3O5. The summed E-state index contributed by atoms with van der Waals surface area (Å²) in [7, 11) is 0. The molecule has 2 aromatic rings. The van der Waals surface area contributed by atoms with Crippen molar-refractivity contribution in [1.29, 1.82) is 0 Å². The van der Waals surface area contributed by atoms with Crippen molar-refractivity contribution in [1.82, 2.24) is 15.2 Å². The number of carbonyl (C=O) groups excluding carboxylic acids is 2. The molecule has 2 fully saturated rings. The van der Waals surface area contributed by atoms with E-state index in [1.54, 1.807) is 6.07 Å². The summed E-state index contributed by atoms with van der Waals surface area (Å²) in [6.07, 6.45) is 9.96. The molecule has 4 rings (SSSR count). The summed E-state index contributed by atoms with van der Waals surface area (Å²) in [6.45, 7) is 3.52. The van der Waals surface area contributed by atoms with Gasteiger partial charge in [-0.1, -0.05) is 31.4 Å². The van der Waals surface area contributed by atoms with Crippen LogP contribution >= 0.6 is 0 Å². The second-order valence-corrected chi connectivity index (χ2v) is 9.25. The minimum atomic E-state index is -0.721. The van der Waals surface area contributed by atoms with E-state index in [-0.39, 0.29) is 12.3 Å². The van der Waals surface area contributed by atoms with Gasteiger partial charge in [0.15, 0.2) is 5.58 Å². The molecule has 1 aliphatic heterocycles. The molecule has 8 heteroatoms. The molecule has 0 spiro atoms. The topological polar surface area (TPSA) is 103 Å². The van der Waals surface area contributed by atoms with Crippen molar-refractivity contribution in [3.8, 4) is 0 Å². The van der Waals surface area contributed by atoms with Gasteiger partial charge in [0.1, 0.15) is 6.04 Å². The normalized spacial score (nSPS) is 19.8. The monoisotopic (exact) mass is 457 g/mol. The predicted molar refractivity (Wildman–Crippen MR) is 125 cm³/mol. The van der Waals surface area contributed by atoms with E-state index in [2.05, 4.69) is 10.6 Å². The number of aromatic nitrogens is 1. The lowest BCUT2D eigenvalue weighted by Crippen LogP contribution is -2.43. The Hall–Kier alpha value is -2.45. The Morgan fingerprint density at radius 1 is 1.06 bits per heavy atom. The molecule has 2 aliphatic rings. The van der Waals surface area contributed by atoms with Crippen molar-refractivity contribution in [2.75, 3.05) is 26.3 Å². The summed E-state index contributed by atoms with van der Waals surface area (Å²) in [5.41, 5.74) is 2.03. The van der Waals surface area contributed by atoms with Crippen LogP contribution in [0.3, 0.4) is 0 Å². The van der Waals surface area contributed by atoms with Crippen LogP contribution in [0.5, 0.6) is 0 Å². The molecule has 1 aromatic heterocycles. The van der Waals surface area contributed by atoms with Gasteiger partial charge in [-0.2, -0.15) is 0 Å². The van der Waals surface area contributed by atoms with Gasteiger partial charge >= 0.3 is 5.76 Å². The molecule has 2 amide bonds. The number of benzene rings is 1. The Morgan fingerprint density at radius 2 is 1.88 bits per heavy atom. The summed E-state index contributed by atoms with van der Waals surface area (Å²) in [6, 6.07) is 4.87. The maximum Gasteiger partial charge on any atom is 0.420 e. The molecule has 1 aromatic carbocycles. The molecule has 1 aliphatic carbocycles. The summed E-state index contributed by atoms with van der Waals surface area (Å²) in [5.74, 6) is -0.475. The van der Waals surface area contributed by atoms with E-state index in [1.807, 2.05) is 12.1 Å². The van der Waals surface area contributed by atoms with Crippen LogP contribution in [-0.4, -0.2) is 42.7 Å². The number of nitrogens with zero attached hydrogens (tertiary/aromatic N) is 1. The number of fused-ring (bicyclic) bond motifs is 1. The average Bonchev–Trinajstić information content (AvgIpc) is 3.15. The van der Waals surface area contributed by atoms with E-state index in [1.165, 1.54) is 36.7 Å². The quantitative estimate of drug-likeness (QED) is 0.397. The number of para-hydroxylation sites is 1. The Bertz CT molecular complexity index is 1010. The van der Waals surface area contributed by atoms with Gasteiger partial charge in [-0.3, -0.25) is 19.5 Å². The third kappa shape index (κ3) is 6.12. The molecule has 1 saturated heterocycles. The van der Waals surface area contributed by atoms with Crippen LogP contribution < -0.4 is 16.4 Å². The molecule has 180 valence electrons. The van der Waals surface area contributed by atoms with Crippen LogP contribution in [-0.2, 0) is 20.7 Å². The average molecular weight is 458 g/mol. The van der Waals surface area contributed by atoms with Gasteiger partial charge in [-0.05, 0) is 69.2 Å². The summed E-state index contributed by atoms with van der Waals surface area (Å²) in [4.78, 5) is 36.2. The molecule has 0 radical (unpaired) electrons. The smallest absolute Gasteiger partial charge is 0.407 e. The molecule has 0 bridgehead atoms. The van der Waals surface area contributed by atoms with E-state index in [9.17, 15) is 14.4 Å². The Balaban J connectivity index is 1.21. The third-order valence-corrected chi connectivity index (χ3v) is 6.78. The van der Waals surface area contributed by atoms with Gasteiger partial charge < -0.3 is 14.5 Å². The van der Waals surface area contributed by atoms with Crippen LogP contribution in [0.2, 0.25) is 0 Å². The number of aryl methyl sites for hydroxylation is 1. The number of hydrogen-bond donors (Lipinski definition) is 2. The zero-order valence-electron chi connectivity index (χ0n) is 19.3. The minimum Gasteiger partial charge on any atom is -0.407 e. The first-order chi connectivity index (χ1) is 16.1. The largest absolute Gasteiger partial charge is 0.420 e. The maximum atomic E-state index is 12.5. The number of rotatable bonds is 11. The lowest BCUT2D eigenvalue weighted by Gasteiger charge is -2.21. The highest BCUT2D eigenvalue weighted by Gasteiger charge is 2.31. The van der Waals surface area contributed by atoms with E-state index in [0.717, 1.165) is 50.4 Å². The van der Waals surface area contributed by atoms with Crippen LogP contribution in [0.1, 0.15) is 69.4 Å². The second kappa shape index (κ2) is 11.6. The lowest BCUT2D eigenvalue weighted by atomic mass is 9.89. The molecule has 1 saturated carbocycles. The van der Waals surface area contributed by atoms with Gasteiger partial charge in [0.05, 0.1) is 5.52 Å². The van der Waals surface area contributed by atoms with E-state index >= 15 is 0 Å². The van der Waals surface area contributed by atoms with Gasteiger partial charge in [0, 0.05) is 19.6 Å². The van der Waals surface area contributed by atoms with Crippen LogP contribution in [0.4, 0.5) is 0 Å². The molecule has 8 nitrogen and oxygen atoms in total. The van der Waals surface area contributed by atoms with Crippen LogP contribution in [0, 0.1) is 5.92 Å². The SMILES string of the molecule is O=C1CCC(n2c(=O)oc3c(CCCOCCCNCC4CCCCC4)cccc32)C(=O)N1. The number of nitrogens with one attached hydrogen (secondary N) is 2. The first-order valence-electron chi connectivity index (χ1n) is 12.4. The molecule has 2 N–H and O–H groups in total. The molecule has 2 heterocycles. The van der Waals surface area contributed by atoms with Crippen LogP contribution in [0.15, 0.2) is 27.4 Å². The van der Waals surface area contributed by atoms with Crippen molar-refractivity contribution in [2.24, 2.45) is 5.92 Å². The molecule has 1 unspecified atom stereocenters. The van der Waals surface area contributed by atoms with Gasteiger partial charge in [-0.25, -0.2) is 4.79 Å². The fraction of sp³-hybridized carbons (Fsp3) is 0.640. The highest BCUT2D eigenvalue weighted by Crippen LogP contribution is 2.26. The second-order valence-electron chi connectivity index (χ2n) is 9.25. The van der Waals surface area contributed by atoms with E-state index in [0.29, 0.717) is 24.1 Å². The van der Waals surface area contributed by atoms with Crippen molar-refractivity contribution < 1.29 is 18.7 Å². The molecule has 33 heavy (non-hydrogen) atoms. The summed E-state index contributed by atoms with van der Waals surface area (Å²) < 4.78 is 12.7. The van der Waals surface area contributed by atoms with Crippen LogP contribution in [0.25, 0.3) is 11.1 Å². The maximum absolute atomic E-state index is 12.5.